The lowest BCUT2D eigenvalue weighted by Crippen LogP contribution is -2.21. The van der Waals surface area contributed by atoms with Crippen molar-refractivity contribution in [1.29, 1.82) is 5.26 Å². The molecule has 2 amide bonds. The number of hydrogen-bond acceptors (Lipinski definition) is 4. The number of para-hydroxylation sites is 2. The van der Waals surface area contributed by atoms with Crippen LogP contribution in [0.3, 0.4) is 0 Å². The van der Waals surface area contributed by atoms with E-state index < -0.39 is 24.2 Å². The number of amides is 2. The molecule has 160 valence electrons. The van der Waals surface area contributed by atoms with Gasteiger partial charge >= 0.3 is 0 Å². The van der Waals surface area contributed by atoms with Gasteiger partial charge < -0.3 is 15.4 Å². The number of nitrogens with one attached hydrogen (secondary N) is 2. The van der Waals surface area contributed by atoms with Crippen molar-refractivity contribution in [2.45, 2.75) is 0 Å². The Morgan fingerprint density at radius 1 is 1.03 bits per heavy atom. The van der Waals surface area contributed by atoms with Crippen LogP contribution in [0.5, 0.6) is 5.75 Å². The fourth-order valence-electron chi connectivity index (χ4n) is 2.68. The number of ether oxygens (including phenoxy) is 1. The highest BCUT2D eigenvalue weighted by atomic mass is 79.9. The van der Waals surface area contributed by atoms with Crippen molar-refractivity contribution in [2.75, 3.05) is 17.2 Å². The maximum Gasteiger partial charge on any atom is 0.266 e. The van der Waals surface area contributed by atoms with E-state index in [-0.39, 0.29) is 17.0 Å². The van der Waals surface area contributed by atoms with E-state index in [1.54, 1.807) is 48.5 Å². The van der Waals surface area contributed by atoms with Gasteiger partial charge in [0.15, 0.2) is 6.61 Å². The molecule has 0 aliphatic carbocycles. The van der Waals surface area contributed by atoms with E-state index >= 15 is 0 Å². The summed E-state index contributed by atoms with van der Waals surface area (Å²) >= 11 is 3.34. The molecule has 0 aliphatic rings. The molecule has 0 fully saturated rings. The third kappa shape index (κ3) is 6.27. The number of halogens is 2. The van der Waals surface area contributed by atoms with Crippen molar-refractivity contribution in [3.8, 4) is 11.8 Å². The summed E-state index contributed by atoms with van der Waals surface area (Å²) in [4.78, 5) is 24.7. The molecule has 0 aromatic heterocycles. The highest BCUT2D eigenvalue weighted by Crippen LogP contribution is 2.26. The van der Waals surface area contributed by atoms with Crippen molar-refractivity contribution < 1.29 is 18.7 Å². The number of benzene rings is 3. The Morgan fingerprint density at radius 3 is 2.47 bits per heavy atom. The quantitative estimate of drug-likeness (QED) is 0.351. The Bertz CT molecular complexity index is 1210. The number of nitriles is 1. The summed E-state index contributed by atoms with van der Waals surface area (Å²) < 4.78 is 20.0. The van der Waals surface area contributed by atoms with E-state index in [0.717, 1.165) is 0 Å². The average Bonchev–Trinajstić information content (AvgIpc) is 2.79. The molecular weight excluding hydrogens is 477 g/mol. The Morgan fingerprint density at radius 2 is 1.75 bits per heavy atom. The van der Waals surface area contributed by atoms with Gasteiger partial charge in [0.25, 0.3) is 11.8 Å². The number of anilines is 2. The van der Waals surface area contributed by atoms with Gasteiger partial charge in [0.2, 0.25) is 0 Å². The molecule has 0 spiro atoms. The smallest absolute Gasteiger partial charge is 0.266 e. The van der Waals surface area contributed by atoms with Crippen LogP contribution in [-0.2, 0) is 9.59 Å². The molecule has 8 heteroatoms. The van der Waals surface area contributed by atoms with Crippen LogP contribution in [0, 0.1) is 17.1 Å². The van der Waals surface area contributed by atoms with Crippen LogP contribution in [0.25, 0.3) is 6.08 Å². The van der Waals surface area contributed by atoms with Crippen molar-refractivity contribution in [1.82, 2.24) is 0 Å². The highest BCUT2D eigenvalue weighted by molar-refractivity contribution is 9.10. The molecule has 0 bridgehead atoms. The monoisotopic (exact) mass is 493 g/mol. The maximum absolute atomic E-state index is 13.7. The minimum absolute atomic E-state index is 0.0429. The molecule has 0 saturated carbocycles. The van der Waals surface area contributed by atoms with Gasteiger partial charge in [0.1, 0.15) is 23.2 Å². The Labute approximate surface area is 192 Å². The van der Waals surface area contributed by atoms with Gasteiger partial charge in [-0.25, -0.2) is 4.39 Å². The Kier molecular flexibility index (Phi) is 7.73. The predicted octanol–water partition coefficient (Wildman–Crippen LogP) is 5.15. The molecule has 32 heavy (non-hydrogen) atoms. The highest BCUT2D eigenvalue weighted by Gasteiger charge is 2.13. The zero-order valence-corrected chi connectivity index (χ0v) is 18.2. The van der Waals surface area contributed by atoms with Crippen LogP contribution in [-0.4, -0.2) is 18.4 Å². The third-order valence-corrected chi connectivity index (χ3v) is 4.67. The van der Waals surface area contributed by atoms with Gasteiger partial charge in [-0.2, -0.15) is 5.26 Å². The largest absolute Gasteiger partial charge is 0.483 e. The zero-order chi connectivity index (χ0) is 22.9. The van der Waals surface area contributed by atoms with Crippen LogP contribution in [0.4, 0.5) is 15.8 Å². The molecule has 0 atom stereocenters. The standard InChI is InChI=1S/C24H17BrFN3O3/c25-18-10-11-22(32-15-23(30)29-21-9-5-4-8-20(21)26)16(13-18)12-17(14-27)24(31)28-19-6-2-1-3-7-19/h1-13H,15H2,(H,28,31)(H,29,30)/b17-12+. The van der Waals surface area contributed by atoms with E-state index in [1.165, 1.54) is 24.3 Å². The molecule has 0 radical (unpaired) electrons. The fourth-order valence-corrected chi connectivity index (χ4v) is 3.06. The summed E-state index contributed by atoms with van der Waals surface area (Å²) in [5.74, 6) is -1.43. The SMILES string of the molecule is N#C/C(=C\c1cc(Br)ccc1OCC(=O)Nc1ccccc1F)C(=O)Nc1ccccc1. The Balaban J connectivity index is 1.75. The summed E-state index contributed by atoms with van der Waals surface area (Å²) in [5, 5.41) is 14.5. The topological polar surface area (TPSA) is 91.2 Å². The van der Waals surface area contributed by atoms with Gasteiger partial charge in [-0.3, -0.25) is 9.59 Å². The summed E-state index contributed by atoms with van der Waals surface area (Å²) in [5.41, 5.74) is 0.862. The molecule has 3 aromatic rings. The lowest BCUT2D eigenvalue weighted by atomic mass is 10.1. The number of carbonyl (C=O) groups excluding carboxylic acids is 2. The third-order valence-electron chi connectivity index (χ3n) is 4.18. The van der Waals surface area contributed by atoms with E-state index in [4.69, 9.17) is 4.74 Å². The molecule has 0 saturated heterocycles. The number of carbonyl (C=O) groups is 2. The lowest BCUT2D eigenvalue weighted by Gasteiger charge is -2.11. The van der Waals surface area contributed by atoms with Crippen LogP contribution < -0.4 is 15.4 Å². The van der Waals surface area contributed by atoms with Gasteiger partial charge in [-0.15, -0.1) is 0 Å². The molecule has 3 aromatic carbocycles. The van der Waals surface area contributed by atoms with Crippen molar-refractivity contribution >= 4 is 45.2 Å². The second kappa shape index (κ2) is 10.9. The summed E-state index contributed by atoms with van der Waals surface area (Å²) in [7, 11) is 0. The molecule has 0 aliphatic heterocycles. The second-order valence-electron chi connectivity index (χ2n) is 6.49. The maximum atomic E-state index is 13.7. The van der Waals surface area contributed by atoms with E-state index in [2.05, 4.69) is 26.6 Å². The van der Waals surface area contributed by atoms with Gasteiger partial charge in [-0.05, 0) is 48.5 Å². The van der Waals surface area contributed by atoms with Crippen molar-refractivity contribution in [2.24, 2.45) is 0 Å². The van der Waals surface area contributed by atoms with Crippen LogP contribution >= 0.6 is 15.9 Å². The first-order chi connectivity index (χ1) is 15.5. The molecule has 0 heterocycles. The van der Waals surface area contributed by atoms with Gasteiger partial charge in [-0.1, -0.05) is 46.3 Å². The second-order valence-corrected chi connectivity index (χ2v) is 7.40. The summed E-state index contributed by atoms with van der Waals surface area (Å²) in [6, 6.07) is 21.3. The minimum Gasteiger partial charge on any atom is -0.483 e. The van der Waals surface area contributed by atoms with E-state index in [1.807, 2.05) is 12.1 Å². The predicted molar refractivity (Wildman–Crippen MR) is 123 cm³/mol. The van der Waals surface area contributed by atoms with Gasteiger partial charge in [0.05, 0.1) is 5.69 Å². The van der Waals surface area contributed by atoms with Gasteiger partial charge in [0, 0.05) is 15.7 Å². The lowest BCUT2D eigenvalue weighted by molar-refractivity contribution is -0.118. The first kappa shape index (κ1) is 22.7. The van der Waals surface area contributed by atoms with E-state index in [0.29, 0.717) is 15.7 Å². The first-order valence-electron chi connectivity index (χ1n) is 9.41. The van der Waals surface area contributed by atoms with Crippen LogP contribution in [0.2, 0.25) is 0 Å². The van der Waals surface area contributed by atoms with Crippen molar-refractivity contribution in [3.63, 3.8) is 0 Å². The number of nitrogens with zero attached hydrogens (tertiary/aromatic N) is 1. The van der Waals surface area contributed by atoms with Crippen LogP contribution in [0.15, 0.2) is 82.8 Å². The number of rotatable bonds is 7. The molecular formula is C24H17BrFN3O3. The summed E-state index contributed by atoms with van der Waals surface area (Å²) in [6.45, 7) is -0.394. The normalized spacial score (nSPS) is 10.7. The molecule has 6 nitrogen and oxygen atoms in total. The summed E-state index contributed by atoms with van der Waals surface area (Å²) in [6.07, 6.45) is 1.37. The molecule has 0 unspecified atom stereocenters. The molecule has 2 N–H and O–H groups in total. The van der Waals surface area contributed by atoms with Crippen molar-refractivity contribution in [3.05, 3.63) is 94.2 Å². The zero-order valence-electron chi connectivity index (χ0n) is 16.6. The van der Waals surface area contributed by atoms with Crippen LogP contribution in [0.1, 0.15) is 5.56 Å². The van der Waals surface area contributed by atoms with E-state index in [9.17, 15) is 19.2 Å². The number of hydrogen-bond donors (Lipinski definition) is 2. The first-order valence-corrected chi connectivity index (χ1v) is 10.2. The molecule has 3 rings (SSSR count). The minimum atomic E-state index is -0.582. The average molecular weight is 494 g/mol. The Hall–Kier alpha value is -3.96. The fraction of sp³-hybridized carbons (Fsp3) is 0.0417.